The van der Waals surface area contributed by atoms with E-state index in [9.17, 15) is 0 Å². The predicted octanol–water partition coefficient (Wildman–Crippen LogP) is 8.11. The van der Waals surface area contributed by atoms with E-state index in [4.69, 9.17) is 4.74 Å². The molecule has 28 heavy (non-hydrogen) atoms. The second-order valence-electron chi connectivity index (χ2n) is 9.86. The van der Waals surface area contributed by atoms with Gasteiger partial charge in [-0.2, -0.15) is 0 Å². The Kier molecular flexibility index (Phi) is 5.79. The number of rotatable bonds is 6. The maximum Gasteiger partial charge on any atom is 0.151 e. The predicted molar refractivity (Wildman–Crippen MR) is 122 cm³/mol. The summed E-state index contributed by atoms with van der Waals surface area (Å²) in [6, 6.07) is 13.6. The van der Waals surface area contributed by atoms with Crippen molar-refractivity contribution < 1.29 is 4.74 Å². The Morgan fingerprint density at radius 2 is 1.36 bits per heavy atom. The topological polar surface area (TPSA) is 12.5 Å². The molecule has 2 aromatic rings. The summed E-state index contributed by atoms with van der Waals surface area (Å²) in [5.41, 5.74) is 5.33. The Morgan fingerprint density at radius 1 is 0.786 bits per heavy atom. The molecular weight excluding hydrogens is 342 g/mol. The molecule has 1 heterocycles. The monoisotopic (exact) mass is 379 g/mol. The Bertz CT molecular complexity index is 829. The van der Waals surface area contributed by atoms with Gasteiger partial charge >= 0.3 is 0 Å². The zero-order chi connectivity index (χ0) is 20.5. The molecule has 0 spiro atoms. The van der Waals surface area contributed by atoms with E-state index in [1.165, 1.54) is 48.2 Å². The van der Waals surface area contributed by atoms with Gasteiger partial charge in [0, 0.05) is 6.54 Å². The van der Waals surface area contributed by atoms with Gasteiger partial charge in [-0.3, -0.25) is 0 Å². The average molecular weight is 380 g/mol. The maximum atomic E-state index is 6.50. The molecule has 0 unspecified atom stereocenters. The minimum atomic E-state index is 0.109. The third-order valence-electron chi connectivity index (χ3n) is 5.98. The Hall–Kier alpha value is -1.96. The van der Waals surface area contributed by atoms with Gasteiger partial charge in [-0.25, -0.2) is 0 Å². The van der Waals surface area contributed by atoms with Crippen LogP contribution in [0.4, 0.5) is 11.4 Å². The van der Waals surface area contributed by atoms with Crippen LogP contribution in [-0.4, -0.2) is 6.54 Å². The van der Waals surface area contributed by atoms with Gasteiger partial charge in [0.05, 0.1) is 11.4 Å². The van der Waals surface area contributed by atoms with Gasteiger partial charge in [0.15, 0.2) is 11.5 Å². The van der Waals surface area contributed by atoms with Crippen molar-refractivity contribution in [1.82, 2.24) is 0 Å². The molecule has 0 radical (unpaired) electrons. The lowest BCUT2D eigenvalue weighted by molar-refractivity contribution is 0.452. The summed E-state index contributed by atoms with van der Waals surface area (Å²) < 4.78 is 6.50. The van der Waals surface area contributed by atoms with Crippen molar-refractivity contribution in [2.45, 2.75) is 85.0 Å². The van der Waals surface area contributed by atoms with Crippen molar-refractivity contribution >= 4 is 11.4 Å². The maximum absolute atomic E-state index is 6.50. The van der Waals surface area contributed by atoms with Crippen molar-refractivity contribution in [1.29, 1.82) is 0 Å². The quantitative estimate of drug-likeness (QED) is 0.502. The van der Waals surface area contributed by atoms with E-state index >= 15 is 0 Å². The fraction of sp³-hybridized carbons (Fsp3) is 0.538. The highest BCUT2D eigenvalue weighted by Crippen LogP contribution is 2.49. The minimum Gasteiger partial charge on any atom is -0.453 e. The molecule has 0 saturated carbocycles. The fourth-order valence-corrected chi connectivity index (χ4v) is 4.10. The summed E-state index contributed by atoms with van der Waals surface area (Å²) in [4.78, 5) is 2.45. The molecule has 2 heteroatoms. The van der Waals surface area contributed by atoms with E-state index in [0.29, 0.717) is 0 Å². The van der Waals surface area contributed by atoms with Crippen LogP contribution in [0.1, 0.15) is 85.3 Å². The number of benzene rings is 2. The van der Waals surface area contributed by atoms with Crippen molar-refractivity contribution in [3.8, 4) is 11.5 Å². The first-order valence-corrected chi connectivity index (χ1v) is 10.9. The van der Waals surface area contributed by atoms with Gasteiger partial charge in [-0.05, 0) is 59.1 Å². The molecule has 1 aliphatic rings. The van der Waals surface area contributed by atoms with Crippen molar-refractivity contribution in [2.24, 2.45) is 0 Å². The number of anilines is 2. The summed E-state index contributed by atoms with van der Waals surface area (Å²) in [6.07, 6.45) is 4.72. The first-order chi connectivity index (χ1) is 13.2. The Balaban J connectivity index is 2.07. The summed E-state index contributed by atoms with van der Waals surface area (Å²) in [5.74, 6) is 1.98. The standard InChI is InChI=1S/C26H37NO/c1-8-10-16-27-21-13-11-19(25(3,4)5)17-23(21)28-24-18-20(12-14-22(24)27)26(6,7)15-9-2/h11-14,17-18H,8-10,15-16H2,1-7H3. The van der Waals surface area contributed by atoms with Gasteiger partial charge in [-0.15, -0.1) is 0 Å². The van der Waals surface area contributed by atoms with Crippen LogP contribution in [0.15, 0.2) is 36.4 Å². The number of nitrogens with zero attached hydrogens (tertiary/aromatic N) is 1. The molecule has 152 valence electrons. The largest absolute Gasteiger partial charge is 0.453 e. The zero-order valence-corrected chi connectivity index (χ0v) is 18.9. The third-order valence-corrected chi connectivity index (χ3v) is 5.98. The fourth-order valence-electron chi connectivity index (χ4n) is 4.10. The van der Waals surface area contributed by atoms with Crippen LogP contribution >= 0.6 is 0 Å². The van der Waals surface area contributed by atoms with Crippen LogP contribution in [0.25, 0.3) is 0 Å². The lowest BCUT2D eigenvalue weighted by Crippen LogP contribution is -2.24. The molecule has 0 N–H and O–H groups in total. The van der Waals surface area contributed by atoms with E-state index in [1.807, 2.05) is 0 Å². The number of hydrogen-bond donors (Lipinski definition) is 0. The van der Waals surface area contributed by atoms with Gasteiger partial charge in [0.1, 0.15) is 0 Å². The van der Waals surface area contributed by atoms with E-state index in [0.717, 1.165) is 18.0 Å². The van der Waals surface area contributed by atoms with Gasteiger partial charge in [0.2, 0.25) is 0 Å². The Labute approximate surface area is 171 Å². The van der Waals surface area contributed by atoms with E-state index < -0.39 is 0 Å². The molecule has 2 nitrogen and oxygen atoms in total. The number of hydrogen-bond acceptors (Lipinski definition) is 2. The molecule has 2 aromatic carbocycles. The highest BCUT2D eigenvalue weighted by Gasteiger charge is 2.28. The lowest BCUT2D eigenvalue weighted by Gasteiger charge is -2.35. The molecular formula is C26H37NO. The van der Waals surface area contributed by atoms with Crippen LogP contribution in [0.2, 0.25) is 0 Å². The van der Waals surface area contributed by atoms with Gasteiger partial charge in [-0.1, -0.05) is 73.4 Å². The average Bonchev–Trinajstić information content (AvgIpc) is 2.63. The van der Waals surface area contributed by atoms with Gasteiger partial charge < -0.3 is 9.64 Å². The summed E-state index contributed by atoms with van der Waals surface area (Å²) in [6.45, 7) is 17.0. The SMILES string of the molecule is CCCCN1c2ccc(C(C)(C)C)cc2Oc2cc(C(C)(C)CCC)ccc21. The highest BCUT2D eigenvalue weighted by molar-refractivity contribution is 5.78. The van der Waals surface area contributed by atoms with Crippen molar-refractivity contribution in [2.75, 3.05) is 11.4 Å². The second-order valence-corrected chi connectivity index (χ2v) is 9.86. The summed E-state index contributed by atoms with van der Waals surface area (Å²) >= 11 is 0. The zero-order valence-electron chi connectivity index (χ0n) is 18.9. The number of unbranched alkanes of at least 4 members (excludes halogenated alkanes) is 1. The normalized spacial score (nSPS) is 13.8. The van der Waals surface area contributed by atoms with Crippen LogP contribution in [0, 0.1) is 0 Å². The van der Waals surface area contributed by atoms with Crippen LogP contribution in [0.5, 0.6) is 11.5 Å². The van der Waals surface area contributed by atoms with Gasteiger partial charge in [0.25, 0.3) is 0 Å². The van der Waals surface area contributed by atoms with Crippen LogP contribution in [0.3, 0.4) is 0 Å². The summed E-state index contributed by atoms with van der Waals surface area (Å²) in [7, 11) is 0. The number of ether oxygens (including phenoxy) is 1. The minimum absolute atomic E-state index is 0.109. The molecule has 0 aliphatic carbocycles. The molecule has 0 saturated heterocycles. The molecule has 0 amide bonds. The number of fused-ring (bicyclic) bond motifs is 2. The molecule has 0 fully saturated rings. The first kappa shape index (κ1) is 20.8. The van der Waals surface area contributed by atoms with Crippen molar-refractivity contribution in [3.63, 3.8) is 0 Å². The van der Waals surface area contributed by atoms with Crippen molar-refractivity contribution in [3.05, 3.63) is 47.5 Å². The molecule has 3 rings (SSSR count). The highest BCUT2D eigenvalue weighted by atomic mass is 16.5. The molecule has 0 aromatic heterocycles. The Morgan fingerprint density at radius 3 is 1.89 bits per heavy atom. The van der Waals surface area contributed by atoms with E-state index in [1.54, 1.807) is 0 Å². The van der Waals surface area contributed by atoms with E-state index in [2.05, 4.69) is 89.8 Å². The third kappa shape index (κ3) is 4.06. The lowest BCUT2D eigenvalue weighted by atomic mass is 9.80. The molecule has 1 aliphatic heterocycles. The van der Waals surface area contributed by atoms with Crippen LogP contribution < -0.4 is 9.64 Å². The summed E-state index contributed by atoms with van der Waals surface area (Å²) in [5, 5.41) is 0. The molecule has 0 bridgehead atoms. The first-order valence-electron chi connectivity index (χ1n) is 10.9. The van der Waals surface area contributed by atoms with E-state index in [-0.39, 0.29) is 10.8 Å². The second kappa shape index (κ2) is 7.81. The smallest absolute Gasteiger partial charge is 0.151 e. The van der Waals surface area contributed by atoms with Crippen LogP contribution in [-0.2, 0) is 10.8 Å². The molecule has 0 atom stereocenters.